The zero-order valence-corrected chi connectivity index (χ0v) is 15.6. The summed E-state index contributed by atoms with van der Waals surface area (Å²) in [7, 11) is 0. The molecule has 0 saturated carbocycles. The van der Waals surface area contributed by atoms with E-state index in [1.807, 2.05) is 13.8 Å². The normalized spacial score (nSPS) is 11.8. The van der Waals surface area contributed by atoms with Crippen molar-refractivity contribution in [3.63, 3.8) is 0 Å². The van der Waals surface area contributed by atoms with Crippen LogP contribution >= 0.6 is 0 Å². The van der Waals surface area contributed by atoms with Crippen molar-refractivity contribution < 1.29 is 31.1 Å². The average Bonchev–Trinajstić information content (AvgIpc) is 2.65. The molecule has 0 amide bonds. The second-order valence-corrected chi connectivity index (χ2v) is 4.06. The van der Waals surface area contributed by atoms with Crippen LogP contribution in [0.2, 0.25) is 0 Å². The van der Waals surface area contributed by atoms with Gasteiger partial charge in [-0.05, 0) is 6.92 Å². The van der Waals surface area contributed by atoms with Crippen LogP contribution in [0.5, 0.6) is 0 Å². The molecule has 0 radical (unpaired) electrons. The fourth-order valence-electron chi connectivity index (χ4n) is 2.25. The minimum absolute atomic E-state index is 0. The van der Waals surface area contributed by atoms with E-state index in [0.717, 1.165) is 12.8 Å². The van der Waals surface area contributed by atoms with Crippen molar-refractivity contribution in [1.29, 1.82) is 0 Å². The number of hydrogen-bond acceptors (Lipinski definition) is 0. The van der Waals surface area contributed by atoms with Crippen LogP contribution < -0.4 is 0 Å². The molecule has 0 aromatic heterocycles. The van der Waals surface area contributed by atoms with Crippen LogP contribution in [0.25, 0.3) is 5.57 Å². The first-order chi connectivity index (χ1) is 7.65. The van der Waals surface area contributed by atoms with Gasteiger partial charge in [0.15, 0.2) is 0 Å². The summed E-state index contributed by atoms with van der Waals surface area (Å²) in [5.41, 5.74) is 8.19. The predicted octanol–water partition coefficient (Wildman–Crippen LogP) is 5.33. The van der Waals surface area contributed by atoms with E-state index >= 15 is 0 Å². The number of fused-ring (bicyclic) bond motifs is 1. The summed E-state index contributed by atoms with van der Waals surface area (Å²) in [4.78, 5) is 0. The third-order valence-electron chi connectivity index (χ3n) is 3.18. The molecule has 0 spiro atoms. The molecule has 0 N–H and O–H groups in total. The maximum absolute atomic E-state index is 4.17. The Balaban J connectivity index is 0. The largest absolute Gasteiger partial charge is 2.00 e. The molecule has 0 unspecified atom stereocenters. The molecule has 0 atom stereocenters. The van der Waals surface area contributed by atoms with Crippen LogP contribution in [0.3, 0.4) is 0 Å². The summed E-state index contributed by atoms with van der Waals surface area (Å²) in [5.74, 6) is 0. The number of benzene rings is 1. The average molecular weight is 468 g/mol. The zero-order chi connectivity index (χ0) is 12.3. The van der Waals surface area contributed by atoms with Gasteiger partial charge >= 0.3 is 31.1 Å². The number of rotatable bonds is 1. The van der Waals surface area contributed by atoms with E-state index in [-0.39, 0.29) is 38.5 Å². The summed E-state index contributed by atoms with van der Waals surface area (Å²) in [6.45, 7) is 16.5. The summed E-state index contributed by atoms with van der Waals surface area (Å²) in [5, 5.41) is 0. The standard InChI is InChI=1S/C14H16.C2H6.CH4.U/c1-5-12-8-13-9(2)6-7-10(3)14(13)11(12)4;1-2;;/h6-7H,1,4-5,8H2,2-3H3;1-2H3;1H4;/q-2;;;+2. The van der Waals surface area contributed by atoms with E-state index in [4.69, 9.17) is 0 Å². The monoisotopic (exact) mass is 468 g/mol. The third kappa shape index (κ3) is 3.69. The van der Waals surface area contributed by atoms with E-state index in [1.165, 1.54) is 33.4 Å². The molecule has 1 aliphatic carbocycles. The van der Waals surface area contributed by atoms with Crippen molar-refractivity contribution in [1.82, 2.24) is 0 Å². The quantitative estimate of drug-likeness (QED) is 0.489. The second kappa shape index (κ2) is 8.89. The van der Waals surface area contributed by atoms with Crippen molar-refractivity contribution >= 4 is 5.57 Å². The van der Waals surface area contributed by atoms with Crippen LogP contribution in [0.15, 0.2) is 17.7 Å². The summed E-state index contributed by atoms with van der Waals surface area (Å²) >= 11 is 0. The van der Waals surface area contributed by atoms with Crippen LogP contribution in [-0.2, 0) is 6.42 Å². The molecule has 1 heteroatoms. The van der Waals surface area contributed by atoms with Crippen molar-refractivity contribution in [2.24, 2.45) is 0 Å². The molecular formula is C17H26U. The predicted molar refractivity (Wildman–Crippen MR) is 80.0 cm³/mol. The molecule has 2 rings (SSSR count). The molecule has 0 heterocycles. The number of aryl methyl sites for hydroxylation is 2. The Morgan fingerprint density at radius 2 is 1.61 bits per heavy atom. The molecule has 18 heavy (non-hydrogen) atoms. The third-order valence-corrected chi connectivity index (χ3v) is 3.18. The summed E-state index contributed by atoms with van der Waals surface area (Å²) in [6, 6.07) is 4.39. The Kier molecular flexibility index (Phi) is 9.98. The SMILES string of the molecule is C.CC.[CH2-]CC1=C([CH2-])c2c(C)ccc(C)c2C1.[U+2]. The van der Waals surface area contributed by atoms with Gasteiger partial charge in [0.2, 0.25) is 0 Å². The van der Waals surface area contributed by atoms with Gasteiger partial charge in [-0.25, -0.2) is 6.42 Å². The van der Waals surface area contributed by atoms with Gasteiger partial charge in [-0.15, -0.1) is 11.1 Å². The molecule has 1 aromatic rings. The molecule has 0 aliphatic heterocycles. The fourth-order valence-corrected chi connectivity index (χ4v) is 2.25. The maximum atomic E-state index is 4.17. The number of hydrogen-bond donors (Lipinski definition) is 0. The topological polar surface area (TPSA) is 0 Å². The van der Waals surface area contributed by atoms with Gasteiger partial charge in [0, 0.05) is 0 Å². The fraction of sp³-hybridized carbons (Fsp3) is 0.412. The molecule has 1 aromatic carbocycles. The van der Waals surface area contributed by atoms with Crippen LogP contribution in [0, 0.1) is 58.8 Å². The van der Waals surface area contributed by atoms with Gasteiger partial charge in [-0.1, -0.05) is 57.9 Å². The van der Waals surface area contributed by atoms with E-state index in [0.29, 0.717) is 0 Å². The van der Waals surface area contributed by atoms with Gasteiger partial charge in [-0.3, -0.25) is 0 Å². The summed E-state index contributed by atoms with van der Waals surface area (Å²) in [6.07, 6.45) is 1.94. The number of allylic oxidation sites excluding steroid dienone is 2. The molecular weight excluding hydrogens is 442 g/mol. The Bertz CT molecular complexity index is 414. The van der Waals surface area contributed by atoms with Crippen LogP contribution in [0.1, 0.15) is 49.9 Å². The van der Waals surface area contributed by atoms with E-state index in [1.54, 1.807) is 0 Å². The zero-order valence-electron chi connectivity index (χ0n) is 11.5. The van der Waals surface area contributed by atoms with Crippen LogP contribution in [-0.4, -0.2) is 0 Å². The first kappa shape index (κ1) is 20.2. The molecule has 1 aliphatic rings. The first-order valence-electron chi connectivity index (χ1n) is 6.07. The molecule has 98 valence electrons. The molecule has 0 saturated heterocycles. The molecule has 0 fully saturated rings. The van der Waals surface area contributed by atoms with Crippen molar-refractivity contribution in [3.8, 4) is 0 Å². The van der Waals surface area contributed by atoms with E-state index in [9.17, 15) is 0 Å². The molecule has 0 nitrogen and oxygen atoms in total. The second-order valence-electron chi connectivity index (χ2n) is 4.06. The van der Waals surface area contributed by atoms with E-state index < -0.39 is 0 Å². The summed E-state index contributed by atoms with van der Waals surface area (Å²) < 4.78 is 0. The van der Waals surface area contributed by atoms with E-state index in [2.05, 4.69) is 39.8 Å². The van der Waals surface area contributed by atoms with Crippen molar-refractivity contribution in [3.05, 3.63) is 53.8 Å². The van der Waals surface area contributed by atoms with Gasteiger partial charge in [-0.2, -0.15) is 18.1 Å². The minimum Gasteiger partial charge on any atom is -0.351 e. The van der Waals surface area contributed by atoms with Crippen molar-refractivity contribution in [2.75, 3.05) is 0 Å². The van der Waals surface area contributed by atoms with Gasteiger partial charge in [0.05, 0.1) is 0 Å². The maximum Gasteiger partial charge on any atom is 2.00 e. The Morgan fingerprint density at radius 3 is 2.06 bits per heavy atom. The smallest absolute Gasteiger partial charge is 0.351 e. The Labute approximate surface area is 138 Å². The van der Waals surface area contributed by atoms with Gasteiger partial charge in [0.1, 0.15) is 0 Å². The minimum atomic E-state index is 0. The Morgan fingerprint density at radius 1 is 1.11 bits per heavy atom. The van der Waals surface area contributed by atoms with Gasteiger partial charge in [0.25, 0.3) is 0 Å². The molecule has 0 bridgehead atoms. The van der Waals surface area contributed by atoms with Crippen molar-refractivity contribution in [2.45, 2.75) is 48.0 Å². The Hall–Kier alpha value is -0.118. The first-order valence-corrected chi connectivity index (χ1v) is 6.07. The van der Waals surface area contributed by atoms with Gasteiger partial charge < -0.3 is 6.92 Å². The van der Waals surface area contributed by atoms with Crippen LogP contribution in [0.4, 0.5) is 0 Å².